The summed E-state index contributed by atoms with van der Waals surface area (Å²) in [5, 5.41) is 12.2. The van der Waals surface area contributed by atoms with Gasteiger partial charge in [-0.1, -0.05) is 23.5 Å². The molecule has 3 aromatic rings. The van der Waals surface area contributed by atoms with Crippen LogP contribution in [-0.2, 0) is 6.42 Å². The number of rotatable bonds is 4. The zero-order valence-corrected chi connectivity index (χ0v) is 13.0. The molecule has 114 valence electrons. The fourth-order valence-corrected chi connectivity index (χ4v) is 2.63. The highest BCUT2D eigenvalue weighted by Crippen LogP contribution is 2.16. The molecular formula is C14H15N5O2S. The van der Waals surface area contributed by atoms with Crippen molar-refractivity contribution in [1.82, 2.24) is 19.8 Å². The Kier molecular flexibility index (Phi) is 3.76. The predicted molar refractivity (Wildman–Crippen MR) is 84.4 cm³/mol. The highest BCUT2D eigenvalue weighted by atomic mass is 32.1. The van der Waals surface area contributed by atoms with Gasteiger partial charge in [-0.05, 0) is 31.5 Å². The normalized spacial score (nSPS) is 11.2. The molecule has 0 saturated heterocycles. The van der Waals surface area contributed by atoms with E-state index in [0.29, 0.717) is 22.2 Å². The van der Waals surface area contributed by atoms with Gasteiger partial charge in [-0.2, -0.15) is 4.52 Å². The van der Waals surface area contributed by atoms with Gasteiger partial charge >= 0.3 is 0 Å². The predicted octanol–water partition coefficient (Wildman–Crippen LogP) is 1.51. The first kappa shape index (κ1) is 14.5. The molecule has 0 aliphatic heterocycles. The van der Waals surface area contributed by atoms with Gasteiger partial charge in [-0.15, -0.1) is 15.3 Å². The lowest BCUT2D eigenvalue weighted by Gasteiger charge is -2.09. The van der Waals surface area contributed by atoms with Crippen LogP contribution in [0.1, 0.15) is 25.1 Å². The molecule has 2 N–H and O–H groups in total. The van der Waals surface area contributed by atoms with E-state index in [1.807, 2.05) is 38.1 Å². The van der Waals surface area contributed by atoms with E-state index >= 15 is 0 Å². The number of anilines is 1. The van der Waals surface area contributed by atoms with Crippen molar-refractivity contribution in [2.45, 2.75) is 26.4 Å². The van der Waals surface area contributed by atoms with Crippen LogP contribution in [0.3, 0.4) is 0 Å². The molecule has 2 heterocycles. The topological polar surface area (TPSA) is 95.4 Å². The molecule has 0 aliphatic carbocycles. The molecule has 1 aromatic carbocycles. The van der Waals surface area contributed by atoms with Crippen LogP contribution in [0.4, 0.5) is 5.13 Å². The molecule has 0 bridgehead atoms. The Morgan fingerprint density at radius 1 is 1.27 bits per heavy atom. The Morgan fingerprint density at radius 2 is 2.00 bits per heavy atom. The second kappa shape index (κ2) is 5.72. The van der Waals surface area contributed by atoms with Gasteiger partial charge in [0.2, 0.25) is 10.1 Å². The molecule has 3 rings (SSSR count). The monoisotopic (exact) mass is 317 g/mol. The van der Waals surface area contributed by atoms with E-state index in [9.17, 15) is 4.79 Å². The number of fused-ring (bicyclic) bond motifs is 1. The van der Waals surface area contributed by atoms with Crippen molar-refractivity contribution < 1.29 is 4.74 Å². The molecule has 0 amide bonds. The first-order chi connectivity index (χ1) is 10.5. The van der Waals surface area contributed by atoms with E-state index in [1.165, 1.54) is 4.52 Å². The van der Waals surface area contributed by atoms with Gasteiger partial charge in [-0.25, -0.2) is 0 Å². The third-order valence-corrected chi connectivity index (χ3v) is 3.67. The fraction of sp³-hybridized carbons (Fsp3) is 0.286. The molecule has 0 unspecified atom stereocenters. The van der Waals surface area contributed by atoms with Gasteiger partial charge in [0.25, 0.3) is 5.56 Å². The maximum atomic E-state index is 12.3. The van der Waals surface area contributed by atoms with E-state index in [0.717, 1.165) is 22.6 Å². The van der Waals surface area contributed by atoms with Gasteiger partial charge in [0, 0.05) is 6.42 Å². The molecule has 22 heavy (non-hydrogen) atoms. The van der Waals surface area contributed by atoms with E-state index < -0.39 is 0 Å². The van der Waals surface area contributed by atoms with Crippen molar-refractivity contribution in [3.8, 4) is 5.75 Å². The lowest BCUT2D eigenvalue weighted by atomic mass is 10.1. The minimum absolute atomic E-state index is 0.124. The van der Waals surface area contributed by atoms with Crippen LogP contribution in [0, 0.1) is 0 Å². The smallest absolute Gasteiger partial charge is 0.297 e. The summed E-state index contributed by atoms with van der Waals surface area (Å²) in [6, 6.07) is 7.56. The average molecular weight is 317 g/mol. The zero-order valence-electron chi connectivity index (χ0n) is 12.2. The maximum absolute atomic E-state index is 12.3. The number of aromatic nitrogens is 4. The second-order valence-corrected chi connectivity index (χ2v) is 6.06. The summed E-state index contributed by atoms with van der Waals surface area (Å²) in [4.78, 5) is 12.7. The molecule has 2 aromatic heterocycles. The standard InChI is InChI=1S/C14H15N5O2S/c1-8(2)21-10-5-3-9(4-6-10)7-11-12(20)19-14(17-16-11)22-13(15)18-19/h3-6,8H,7H2,1-2H3,(H2,15,18). The summed E-state index contributed by atoms with van der Waals surface area (Å²) >= 11 is 1.13. The minimum atomic E-state index is -0.291. The molecule has 0 radical (unpaired) electrons. The summed E-state index contributed by atoms with van der Waals surface area (Å²) in [7, 11) is 0. The molecule has 7 nitrogen and oxygen atoms in total. The van der Waals surface area contributed by atoms with E-state index in [1.54, 1.807) is 0 Å². The largest absolute Gasteiger partial charge is 0.491 e. The lowest BCUT2D eigenvalue weighted by molar-refractivity contribution is 0.242. The van der Waals surface area contributed by atoms with Crippen LogP contribution in [0.5, 0.6) is 5.75 Å². The first-order valence-corrected chi connectivity index (χ1v) is 7.61. The zero-order chi connectivity index (χ0) is 15.7. The summed E-state index contributed by atoms with van der Waals surface area (Å²) < 4.78 is 6.78. The summed E-state index contributed by atoms with van der Waals surface area (Å²) in [5.74, 6) is 0.796. The van der Waals surface area contributed by atoms with E-state index in [-0.39, 0.29) is 11.7 Å². The minimum Gasteiger partial charge on any atom is -0.491 e. The number of nitrogens with two attached hydrogens (primary N) is 1. The van der Waals surface area contributed by atoms with Crippen LogP contribution in [-0.4, -0.2) is 25.9 Å². The number of nitrogen functional groups attached to an aromatic ring is 1. The van der Waals surface area contributed by atoms with Crippen molar-refractivity contribution in [2.24, 2.45) is 0 Å². The van der Waals surface area contributed by atoms with E-state index in [2.05, 4.69) is 15.3 Å². The van der Waals surface area contributed by atoms with Crippen LogP contribution in [0.25, 0.3) is 4.96 Å². The van der Waals surface area contributed by atoms with Gasteiger partial charge in [-0.3, -0.25) is 4.79 Å². The Balaban J connectivity index is 1.86. The highest BCUT2D eigenvalue weighted by Gasteiger charge is 2.11. The molecular weight excluding hydrogens is 302 g/mol. The van der Waals surface area contributed by atoms with Gasteiger partial charge in [0.1, 0.15) is 11.4 Å². The Bertz CT molecular complexity index is 854. The third kappa shape index (κ3) is 2.91. The van der Waals surface area contributed by atoms with Crippen LogP contribution < -0.4 is 16.0 Å². The quantitative estimate of drug-likeness (QED) is 0.783. The lowest BCUT2D eigenvalue weighted by Crippen LogP contribution is -2.22. The molecule has 0 atom stereocenters. The van der Waals surface area contributed by atoms with Gasteiger partial charge in [0.15, 0.2) is 0 Å². The van der Waals surface area contributed by atoms with Crippen LogP contribution in [0.15, 0.2) is 29.1 Å². The first-order valence-electron chi connectivity index (χ1n) is 6.79. The molecule has 0 saturated carbocycles. The Morgan fingerprint density at radius 3 is 2.68 bits per heavy atom. The second-order valence-electron chi connectivity index (χ2n) is 5.07. The highest BCUT2D eigenvalue weighted by molar-refractivity contribution is 7.20. The number of ether oxygens (including phenoxy) is 1. The summed E-state index contributed by atoms with van der Waals surface area (Å²) in [5.41, 5.74) is 6.58. The average Bonchev–Trinajstić information content (AvgIpc) is 2.85. The van der Waals surface area contributed by atoms with Crippen molar-refractivity contribution in [3.05, 3.63) is 45.9 Å². The fourth-order valence-electron chi connectivity index (χ4n) is 2.02. The van der Waals surface area contributed by atoms with Crippen LogP contribution >= 0.6 is 11.3 Å². The van der Waals surface area contributed by atoms with E-state index in [4.69, 9.17) is 10.5 Å². The summed E-state index contributed by atoms with van der Waals surface area (Å²) in [6.45, 7) is 3.94. The SMILES string of the molecule is CC(C)Oc1ccc(Cc2nnc3sc(N)nn3c2=O)cc1. The molecule has 8 heteroatoms. The molecule has 0 aliphatic rings. The van der Waals surface area contributed by atoms with Crippen molar-refractivity contribution in [1.29, 1.82) is 0 Å². The van der Waals surface area contributed by atoms with Gasteiger partial charge < -0.3 is 10.5 Å². The number of hydrogen-bond acceptors (Lipinski definition) is 7. The van der Waals surface area contributed by atoms with Crippen LogP contribution in [0.2, 0.25) is 0 Å². The van der Waals surface area contributed by atoms with Gasteiger partial charge in [0.05, 0.1) is 6.10 Å². The number of hydrogen-bond donors (Lipinski definition) is 1. The van der Waals surface area contributed by atoms with Crippen molar-refractivity contribution in [3.63, 3.8) is 0 Å². The number of nitrogens with zero attached hydrogens (tertiary/aromatic N) is 4. The maximum Gasteiger partial charge on any atom is 0.297 e. The summed E-state index contributed by atoms with van der Waals surface area (Å²) in [6.07, 6.45) is 0.507. The Labute approximate surface area is 130 Å². The third-order valence-electron chi connectivity index (χ3n) is 2.94. The van der Waals surface area contributed by atoms with Crippen molar-refractivity contribution >= 4 is 21.4 Å². The molecule has 0 fully saturated rings. The molecule has 0 spiro atoms. The Hall–Kier alpha value is -2.48. The van der Waals surface area contributed by atoms with Crippen molar-refractivity contribution in [2.75, 3.05) is 5.73 Å². The number of benzene rings is 1.